The van der Waals surface area contributed by atoms with Crippen molar-refractivity contribution in [3.05, 3.63) is 76.1 Å². The number of rotatable bonds is 4. The SMILES string of the molecule is CCN1C(S(=O)(=O)c2ccc(C)cc2)=C(N)OC1c1ccccc1C. The minimum Gasteiger partial charge on any atom is -0.449 e. The molecule has 2 N–H and O–H groups in total. The van der Waals surface area contributed by atoms with Crippen LogP contribution >= 0.6 is 0 Å². The van der Waals surface area contributed by atoms with E-state index in [4.69, 9.17) is 10.5 Å². The van der Waals surface area contributed by atoms with Crippen molar-refractivity contribution in [1.82, 2.24) is 4.90 Å². The van der Waals surface area contributed by atoms with Crippen LogP contribution in [0.15, 0.2) is 64.3 Å². The van der Waals surface area contributed by atoms with Gasteiger partial charge in [0.05, 0.1) is 4.90 Å². The number of sulfone groups is 1. The number of nitrogens with two attached hydrogens (primary N) is 1. The zero-order valence-corrected chi connectivity index (χ0v) is 15.4. The molecule has 0 aromatic heterocycles. The Labute approximate surface area is 148 Å². The number of aryl methyl sites for hydroxylation is 2. The summed E-state index contributed by atoms with van der Waals surface area (Å²) in [7, 11) is -3.76. The fourth-order valence-electron chi connectivity index (χ4n) is 3.00. The van der Waals surface area contributed by atoms with Gasteiger partial charge in [0.1, 0.15) is 0 Å². The third-order valence-electron chi connectivity index (χ3n) is 4.37. The molecule has 1 aliphatic rings. The molecule has 5 nitrogen and oxygen atoms in total. The van der Waals surface area contributed by atoms with Gasteiger partial charge < -0.3 is 15.4 Å². The zero-order valence-electron chi connectivity index (χ0n) is 14.6. The van der Waals surface area contributed by atoms with Gasteiger partial charge in [-0.05, 0) is 38.5 Å². The van der Waals surface area contributed by atoms with Gasteiger partial charge in [-0.15, -0.1) is 0 Å². The van der Waals surface area contributed by atoms with E-state index in [0.717, 1.165) is 16.7 Å². The molecule has 1 atom stereocenters. The predicted octanol–water partition coefficient (Wildman–Crippen LogP) is 3.21. The second-order valence-electron chi connectivity index (χ2n) is 6.10. The maximum atomic E-state index is 13.1. The van der Waals surface area contributed by atoms with Crippen molar-refractivity contribution < 1.29 is 13.2 Å². The molecule has 0 amide bonds. The second-order valence-corrected chi connectivity index (χ2v) is 7.96. The van der Waals surface area contributed by atoms with E-state index in [0.29, 0.717) is 6.54 Å². The van der Waals surface area contributed by atoms with E-state index in [1.807, 2.05) is 45.0 Å². The number of nitrogens with zero attached hydrogens (tertiary/aromatic N) is 1. The average molecular weight is 358 g/mol. The molecule has 0 bridgehead atoms. The Morgan fingerprint density at radius 2 is 1.72 bits per heavy atom. The van der Waals surface area contributed by atoms with Crippen LogP contribution in [0, 0.1) is 13.8 Å². The smallest absolute Gasteiger partial charge is 0.227 e. The quantitative estimate of drug-likeness (QED) is 0.908. The van der Waals surface area contributed by atoms with E-state index in [1.165, 1.54) is 0 Å². The van der Waals surface area contributed by atoms with Crippen LogP contribution in [0.3, 0.4) is 0 Å². The summed E-state index contributed by atoms with van der Waals surface area (Å²) in [6.45, 7) is 6.22. The van der Waals surface area contributed by atoms with Gasteiger partial charge in [0, 0.05) is 12.1 Å². The van der Waals surface area contributed by atoms with Crippen molar-refractivity contribution in [2.75, 3.05) is 6.54 Å². The van der Waals surface area contributed by atoms with E-state index in [-0.39, 0.29) is 15.8 Å². The van der Waals surface area contributed by atoms with Crippen molar-refractivity contribution >= 4 is 9.84 Å². The van der Waals surface area contributed by atoms with Crippen molar-refractivity contribution in [3.63, 3.8) is 0 Å². The summed E-state index contributed by atoms with van der Waals surface area (Å²) in [5.41, 5.74) is 8.93. The zero-order chi connectivity index (χ0) is 18.2. The van der Waals surface area contributed by atoms with Crippen molar-refractivity contribution in [3.8, 4) is 0 Å². The lowest BCUT2D eigenvalue weighted by molar-refractivity contribution is 0.0428. The molecule has 0 saturated heterocycles. The minimum absolute atomic E-state index is 0.0344. The molecule has 3 rings (SSSR count). The van der Waals surface area contributed by atoms with E-state index in [1.54, 1.807) is 29.2 Å². The molecule has 25 heavy (non-hydrogen) atoms. The van der Waals surface area contributed by atoms with Gasteiger partial charge in [-0.1, -0.05) is 42.0 Å². The standard InChI is InChI=1S/C19H22N2O3S/c1-4-21-18(16-8-6-5-7-14(16)3)24-17(20)19(21)25(22,23)15-11-9-13(2)10-12-15/h5-12,18H,4,20H2,1-3H3. The van der Waals surface area contributed by atoms with Gasteiger partial charge in [-0.3, -0.25) is 0 Å². The first-order valence-corrected chi connectivity index (χ1v) is 9.65. The lowest BCUT2D eigenvalue weighted by Gasteiger charge is -2.26. The van der Waals surface area contributed by atoms with E-state index < -0.39 is 16.1 Å². The lowest BCUT2D eigenvalue weighted by atomic mass is 10.1. The third-order valence-corrected chi connectivity index (χ3v) is 6.21. The van der Waals surface area contributed by atoms with Gasteiger partial charge in [0.15, 0.2) is 5.03 Å². The van der Waals surface area contributed by atoms with Crippen LogP contribution in [-0.2, 0) is 14.6 Å². The molecule has 0 spiro atoms. The molecule has 2 aromatic carbocycles. The Morgan fingerprint density at radius 3 is 2.32 bits per heavy atom. The van der Waals surface area contributed by atoms with Crippen LogP contribution in [0.25, 0.3) is 0 Å². The van der Waals surface area contributed by atoms with E-state index in [2.05, 4.69) is 0 Å². The van der Waals surface area contributed by atoms with Crippen LogP contribution in [0.4, 0.5) is 0 Å². The molecule has 6 heteroatoms. The Kier molecular flexibility index (Phi) is 4.47. The van der Waals surface area contributed by atoms with Gasteiger partial charge >= 0.3 is 0 Å². The number of hydrogen-bond donors (Lipinski definition) is 1. The van der Waals surface area contributed by atoms with Gasteiger partial charge in [0.25, 0.3) is 0 Å². The summed E-state index contributed by atoms with van der Waals surface area (Å²) in [5.74, 6) is -0.0596. The minimum atomic E-state index is -3.76. The third kappa shape index (κ3) is 2.98. The first kappa shape index (κ1) is 17.4. The van der Waals surface area contributed by atoms with Gasteiger partial charge in [-0.25, -0.2) is 8.42 Å². The lowest BCUT2D eigenvalue weighted by Crippen LogP contribution is -2.28. The van der Waals surface area contributed by atoms with Gasteiger partial charge in [-0.2, -0.15) is 0 Å². The highest BCUT2D eigenvalue weighted by Gasteiger charge is 2.41. The van der Waals surface area contributed by atoms with Crippen molar-refractivity contribution in [2.45, 2.75) is 31.9 Å². The van der Waals surface area contributed by atoms with Crippen molar-refractivity contribution in [2.24, 2.45) is 5.73 Å². The van der Waals surface area contributed by atoms with E-state index >= 15 is 0 Å². The number of hydrogen-bond acceptors (Lipinski definition) is 5. The molecule has 1 aliphatic heterocycles. The Balaban J connectivity index is 2.05. The monoisotopic (exact) mass is 358 g/mol. The van der Waals surface area contributed by atoms with Crippen molar-refractivity contribution in [1.29, 1.82) is 0 Å². The summed E-state index contributed by atoms with van der Waals surface area (Å²) >= 11 is 0. The molecular formula is C19H22N2O3S. The maximum absolute atomic E-state index is 13.1. The van der Waals surface area contributed by atoms with Crippen LogP contribution in [-0.4, -0.2) is 19.9 Å². The molecule has 0 radical (unpaired) electrons. The van der Waals surface area contributed by atoms with E-state index in [9.17, 15) is 8.42 Å². The topological polar surface area (TPSA) is 72.6 Å². The van der Waals surface area contributed by atoms with Crippen LogP contribution in [0.2, 0.25) is 0 Å². The molecule has 1 heterocycles. The molecule has 1 unspecified atom stereocenters. The second kappa shape index (κ2) is 6.44. The first-order chi connectivity index (χ1) is 11.9. The molecule has 2 aromatic rings. The molecular weight excluding hydrogens is 336 g/mol. The Morgan fingerprint density at radius 1 is 1.08 bits per heavy atom. The number of ether oxygens (including phenoxy) is 1. The van der Waals surface area contributed by atoms with Crippen LogP contribution < -0.4 is 5.73 Å². The fraction of sp³-hybridized carbons (Fsp3) is 0.263. The summed E-state index contributed by atoms with van der Waals surface area (Å²) in [6.07, 6.45) is -0.540. The summed E-state index contributed by atoms with van der Waals surface area (Å²) in [6, 6.07) is 14.5. The number of benzene rings is 2. The largest absolute Gasteiger partial charge is 0.449 e. The summed E-state index contributed by atoms with van der Waals surface area (Å²) < 4.78 is 32.0. The average Bonchev–Trinajstić information content (AvgIpc) is 2.92. The molecule has 0 aliphatic carbocycles. The molecule has 0 fully saturated rings. The highest BCUT2D eigenvalue weighted by molar-refractivity contribution is 7.95. The van der Waals surface area contributed by atoms with Crippen LogP contribution in [0.1, 0.15) is 29.8 Å². The molecule has 132 valence electrons. The highest BCUT2D eigenvalue weighted by atomic mass is 32.2. The Hall–Kier alpha value is -2.47. The summed E-state index contributed by atoms with van der Waals surface area (Å²) in [5, 5.41) is 0.0344. The van der Waals surface area contributed by atoms with Gasteiger partial charge in [0.2, 0.25) is 21.9 Å². The van der Waals surface area contributed by atoms with Crippen LogP contribution in [0.5, 0.6) is 0 Å². The summed E-state index contributed by atoms with van der Waals surface area (Å²) in [4.78, 5) is 1.91. The first-order valence-electron chi connectivity index (χ1n) is 8.16. The fourth-order valence-corrected chi connectivity index (χ4v) is 4.57. The molecule has 0 saturated carbocycles. The predicted molar refractivity (Wildman–Crippen MR) is 97.0 cm³/mol. The Bertz CT molecular complexity index is 918. The normalized spacial score (nSPS) is 17.7. The highest BCUT2D eigenvalue weighted by Crippen LogP contribution is 2.39. The maximum Gasteiger partial charge on any atom is 0.227 e.